The molecule has 0 aliphatic rings. The molecule has 0 radical (unpaired) electrons. The van der Waals surface area contributed by atoms with Gasteiger partial charge in [0.15, 0.2) is 23.3 Å². The normalized spacial score (nSPS) is 11.3. The summed E-state index contributed by atoms with van der Waals surface area (Å²) in [5.74, 6) is -10.3. The summed E-state index contributed by atoms with van der Waals surface area (Å²) >= 11 is 1.53. The van der Waals surface area contributed by atoms with E-state index in [1.807, 2.05) is 0 Å². The van der Waals surface area contributed by atoms with Crippen molar-refractivity contribution in [2.75, 3.05) is 0 Å². The average Bonchev–Trinajstić information content (AvgIpc) is 3.00. The number of thiophene rings is 1. The van der Waals surface area contributed by atoms with Crippen LogP contribution in [0.1, 0.15) is 5.82 Å². The molecule has 0 amide bonds. The van der Waals surface area contributed by atoms with Crippen LogP contribution in [0.25, 0.3) is 10.2 Å². The minimum Gasteiger partial charge on any atom is -0.309 e. The van der Waals surface area contributed by atoms with Gasteiger partial charge in [0.1, 0.15) is 10.5 Å². The SMILES string of the molecule is O=c1[nH]c(CSc2c(F)c(F)c(F)c(F)c2F)nc2ccsc12. The summed E-state index contributed by atoms with van der Waals surface area (Å²) in [5, 5.41) is 1.65. The lowest BCUT2D eigenvalue weighted by molar-refractivity contribution is 0.361. The number of hydrogen-bond acceptors (Lipinski definition) is 4. The number of aromatic amines is 1. The molecule has 1 N–H and O–H groups in total. The van der Waals surface area contributed by atoms with Crippen molar-refractivity contribution in [1.82, 2.24) is 9.97 Å². The molecule has 0 aliphatic carbocycles. The molecule has 3 nitrogen and oxygen atoms in total. The van der Waals surface area contributed by atoms with Crippen molar-refractivity contribution in [3.63, 3.8) is 0 Å². The second kappa shape index (κ2) is 5.93. The summed E-state index contributed by atoms with van der Waals surface area (Å²) in [6.07, 6.45) is 0. The summed E-state index contributed by atoms with van der Waals surface area (Å²) in [4.78, 5) is 17.2. The van der Waals surface area contributed by atoms with Crippen LogP contribution in [-0.4, -0.2) is 9.97 Å². The molecule has 0 atom stereocenters. The zero-order valence-corrected chi connectivity index (χ0v) is 12.6. The highest BCUT2D eigenvalue weighted by Gasteiger charge is 2.26. The van der Waals surface area contributed by atoms with E-state index in [2.05, 4.69) is 9.97 Å². The lowest BCUT2D eigenvalue weighted by atomic mass is 10.3. The predicted octanol–water partition coefficient (Wildman–Crippen LogP) is 3.97. The number of H-pyrrole nitrogens is 1. The van der Waals surface area contributed by atoms with Crippen LogP contribution in [-0.2, 0) is 5.75 Å². The summed E-state index contributed by atoms with van der Waals surface area (Å²) in [6, 6.07) is 1.59. The number of aromatic nitrogens is 2. The highest BCUT2D eigenvalue weighted by Crippen LogP contribution is 2.32. The zero-order chi connectivity index (χ0) is 16.7. The monoisotopic (exact) mass is 364 g/mol. The minimum atomic E-state index is -2.21. The van der Waals surface area contributed by atoms with Crippen molar-refractivity contribution in [3.05, 3.63) is 56.7 Å². The van der Waals surface area contributed by atoms with E-state index in [-0.39, 0.29) is 11.6 Å². The number of benzene rings is 1. The van der Waals surface area contributed by atoms with Gasteiger partial charge in [0.25, 0.3) is 5.56 Å². The summed E-state index contributed by atoms with van der Waals surface area (Å²) in [7, 11) is 0. The average molecular weight is 364 g/mol. The molecule has 10 heteroatoms. The number of hydrogen-bond donors (Lipinski definition) is 1. The van der Waals surface area contributed by atoms with Crippen LogP contribution < -0.4 is 5.56 Å². The first kappa shape index (κ1) is 15.9. The van der Waals surface area contributed by atoms with Crippen LogP contribution in [0.5, 0.6) is 0 Å². The van der Waals surface area contributed by atoms with Gasteiger partial charge in [-0.1, -0.05) is 0 Å². The molecule has 0 fully saturated rings. The van der Waals surface area contributed by atoms with E-state index in [1.54, 1.807) is 11.4 Å². The van der Waals surface area contributed by atoms with Crippen molar-refractivity contribution in [1.29, 1.82) is 0 Å². The predicted molar refractivity (Wildman–Crippen MR) is 76.0 cm³/mol. The van der Waals surface area contributed by atoms with Gasteiger partial charge in [0.05, 0.1) is 16.2 Å². The molecular weight excluding hydrogens is 359 g/mol. The van der Waals surface area contributed by atoms with Gasteiger partial charge in [-0.15, -0.1) is 23.1 Å². The van der Waals surface area contributed by atoms with Gasteiger partial charge in [-0.25, -0.2) is 26.9 Å². The lowest BCUT2D eigenvalue weighted by Crippen LogP contribution is -2.10. The highest BCUT2D eigenvalue weighted by atomic mass is 32.2. The van der Waals surface area contributed by atoms with Crippen molar-refractivity contribution in [2.24, 2.45) is 0 Å². The Morgan fingerprint density at radius 3 is 2.30 bits per heavy atom. The largest absolute Gasteiger partial charge is 0.309 e. The Labute approximate surface area is 133 Å². The molecule has 2 aromatic heterocycles. The quantitative estimate of drug-likeness (QED) is 0.331. The smallest absolute Gasteiger partial charge is 0.268 e. The second-order valence-corrected chi connectivity index (χ2v) is 6.24. The molecule has 0 spiro atoms. The molecule has 0 saturated heterocycles. The van der Waals surface area contributed by atoms with Crippen molar-refractivity contribution in [3.8, 4) is 0 Å². The Balaban J connectivity index is 1.95. The van der Waals surface area contributed by atoms with E-state index >= 15 is 0 Å². The maximum absolute atomic E-state index is 13.6. The van der Waals surface area contributed by atoms with Gasteiger partial charge in [0.2, 0.25) is 5.82 Å². The van der Waals surface area contributed by atoms with Crippen LogP contribution in [0.2, 0.25) is 0 Å². The minimum absolute atomic E-state index is 0.0647. The number of nitrogens with one attached hydrogen (secondary N) is 1. The Bertz CT molecular complexity index is 940. The Morgan fingerprint density at radius 1 is 1.04 bits per heavy atom. The van der Waals surface area contributed by atoms with Crippen LogP contribution in [0.4, 0.5) is 22.0 Å². The molecule has 23 heavy (non-hydrogen) atoms. The van der Waals surface area contributed by atoms with Gasteiger partial charge < -0.3 is 4.98 Å². The van der Waals surface area contributed by atoms with E-state index < -0.39 is 39.5 Å². The number of halogens is 5. The highest BCUT2D eigenvalue weighted by molar-refractivity contribution is 7.98. The van der Waals surface area contributed by atoms with E-state index in [0.29, 0.717) is 22.0 Å². The first-order valence-electron chi connectivity index (χ1n) is 6.00. The van der Waals surface area contributed by atoms with E-state index in [4.69, 9.17) is 0 Å². The van der Waals surface area contributed by atoms with E-state index in [9.17, 15) is 26.7 Å². The molecule has 0 aliphatic heterocycles. The fraction of sp³-hybridized carbons (Fsp3) is 0.0769. The van der Waals surface area contributed by atoms with Gasteiger partial charge in [0, 0.05) is 0 Å². The molecular formula is C13H5F5N2OS2. The Morgan fingerprint density at radius 2 is 1.65 bits per heavy atom. The molecule has 0 unspecified atom stereocenters. The van der Waals surface area contributed by atoms with Crippen molar-refractivity contribution >= 4 is 33.3 Å². The van der Waals surface area contributed by atoms with Gasteiger partial charge >= 0.3 is 0 Å². The van der Waals surface area contributed by atoms with Crippen LogP contribution >= 0.6 is 23.1 Å². The third-order valence-electron chi connectivity index (χ3n) is 2.89. The van der Waals surface area contributed by atoms with Gasteiger partial charge in [-0.05, 0) is 11.4 Å². The Hall–Kier alpha value is -1.94. The third kappa shape index (κ3) is 2.72. The summed E-state index contributed by atoms with van der Waals surface area (Å²) < 4.78 is 66.7. The van der Waals surface area contributed by atoms with Gasteiger partial charge in [-0.2, -0.15) is 0 Å². The first-order valence-corrected chi connectivity index (χ1v) is 7.87. The molecule has 0 saturated carbocycles. The molecule has 3 aromatic rings. The maximum atomic E-state index is 13.6. The molecule has 2 heterocycles. The molecule has 1 aromatic carbocycles. The second-order valence-electron chi connectivity index (χ2n) is 4.34. The van der Waals surface area contributed by atoms with Crippen LogP contribution in [0.15, 0.2) is 21.1 Å². The number of rotatable bonds is 3. The van der Waals surface area contributed by atoms with Gasteiger partial charge in [-0.3, -0.25) is 4.79 Å². The van der Waals surface area contributed by atoms with Crippen molar-refractivity contribution in [2.45, 2.75) is 10.6 Å². The number of thioether (sulfide) groups is 1. The zero-order valence-electron chi connectivity index (χ0n) is 10.9. The molecule has 120 valence electrons. The maximum Gasteiger partial charge on any atom is 0.268 e. The summed E-state index contributed by atoms with van der Waals surface area (Å²) in [6.45, 7) is 0. The topological polar surface area (TPSA) is 45.8 Å². The number of nitrogens with zero attached hydrogens (tertiary/aromatic N) is 1. The lowest BCUT2D eigenvalue weighted by Gasteiger charge is -2.07. The standard InChI is InChI=1S/C13H5F5N2OS2/c14-6-7(15)9(17)12(10(18)8(6)16)23-3-5-19-4-1-2-22-11(4)13(21)20-5/h1-2H,3H2,(H,19,20,21). The summed E-state index contributed by atoms with van der Waals surface area (Å²) in [5.41, 5.74) is -0.0372. The van der Waals surface area contributed by atoms with Crippen LogP contribution in [0.3, 0.4) is 0 Å². The van der Waals surface area contributed by atoms with Crippen molar-refractivity contribution < 1.29 is 22.0 Å². The van der Waals surface area contributed by atoms with E-state index in [1.165, 1.54) is 11.3 Å². The van der Waals surface area contributed by atoms with Crippen LogP contribution in [0, 0.1) is 29.1 Å². The fourth-order valence-corrected chi connectivity index (χ4v) is 3.42. The first-order chi connectivity index (χ1) is 10.9. The van der Waals surface area contributed by atoms with E-state index in [0.717, 1.165) is 0 Å². The fourth-order valence-electron chi connectivity index (χ4n) is 1.84. The Kier molecular flexibility index (Phi) is 4.11. The molecule has 3 rings (SSSR count). The molecule has 0 bridgehead atoms. The third-order valence-corrected chi connectivity index (χ3v) is 4.85. The number of fused-ring (bicyclic) bond motifs is 1.